The van der Waals surface area contributed by atoms with Crippen LogP contribution in [0.2, 0.25) is 0 Å². The minimum Gasteiger partial charge on any atom is -0.315 e. The fourth-order valence-electron chi connectivity index (χ4n) is 2.69. The molecule has 1 aromatic carbocycles. The molecule has 114 valence electrons. The monoisotopic (exact) mass is 302 g/mol. The largest absolute Gasteiger partial charge is 0.315 e. The Balaban J connectivity index is 2.32. The summed E-state index contributed by atoms with van der Waals surface area (Å²) in [4.78, 5) is 6.30. The predicted octanol–water partition coefficient (Wildman–Crippen LogP) is 4.37. The van der Waals surface area contributed by atoms with Crippen molar-refractivity contribution in [3.8, 4) is 0 Å². The van der Waals surface area contributed by atoms with E-state index in [4.69, 9.17) is 4.98 Å². The van der Waals surface area contributed by atoms with Gasteiger partial charge >= 0.3 is 0 Å². The second-order valence-corrected chi connectivity index (χ2v) is 8.00. The molecule has 0 aliphatic rings. The number of thiazole rings is 1. The smallest absolute Gasteiger partial charge is 0.0975 e. The molecule has 2 rings (SSSR count). The van der Waals surface area contributed by atoms with Gasteiger partial charge in [0.1, 0.15) is 0 Å². The van der Waals surface area contributed by atoms with Crippen molar-refractivity contribution in [1.29, 1.82) is 0 Å². The topological polar surface area (TPSA) is 24.9 Å². The van der Waals surface area contributed by atoms with E-state index in [1.165, 1.54) is 32.3 Å². The van der Waals surface area contributed by atoms with Gasteiger partial charge in [0.05, 0.1) is 10.7 Å². The Morgan fingerprint density at radius 1 is 1.10 bits per heavy atom. The maximum atomic E-state index is 4.93. The first-order chi connectivity index (χ1) is 9.79. The predicted molar refractivity (Wildman–Crippen MR) is 92.3 cm³/mol. The lowest BCUT2D eigenvalue weighted by molar-refractivity contribution is 0.561. The van der Waals surface area contributed by atoms with Crippen LogP contribution in [-0.2, 0) is 18.4 Å². The van der Waals surface area contributed by atoms with Gasteiger partial charge in [0.25, 0.3) is 0 Å². The van der Waals surface area contributed by atoms with Crippen LogP contribution in [-0.4, -0.2) is 12.0 Å². The van der Waals surface area contributed by atoms with E-state index in [0.717, 1.165) is 13.0 Å². The Morgan fingerprint density at radius 2 is 1.71 bits per heavy atom. The Bertz CT molecular complexity index is 600. The zero-order valence-corrected chi connectivity index (χ0v) is 14.8. The van der Waals surface area contributed by atoms with Gasteiger partial charge in [-0.25, -0.2) is 4.98 Å². The van der Waals surface area contributed by atoms with E-state index < -0.39 is 0 Å². The van der Waals surface area contributed by atoms with Gasteiger partial charge in [-0.3, -0.25) is 0 Å². The summed E-state index contributed by atoms with van der Waals surface area (Å²) in [5.41, 5.74) is 5.35. The van der Waals surface area contributed by atoms with E-state index in [1.54, 1.807) is 0 Å². The summed E-state index contributed by atoms with van der Waals surface area (Å²) >= 11 is 1.84. The first-order valence-corrected chi connectivity index (χ1v) is 8.32. The number of hydrogen-bond donors (Lipinski definition) is 1. The summed E-state index contributed by atoms with van der Waals surface area (Å²) in [6.07, 6.45) is 0.931. The Labute approximate surface area is 132 Å². The van der Waals surface area contributed by atoms with Crippen LogP contribution in [0.5, 0.6) is 0 Å². The summed E-state index contributed by atoms with van der Waals surface area (Å²) in [6, 6.07) is 6.75. The molecule has 0 unspecified atom stereocenters. The standard InChI is InChI=1S/C18H26N2S/c1-12-7-13(2)9-14(8-12)10-16-20-17(18(3,4)5)15(21-16)11-19-6/h7-9,19H,10-11H2,1-6H3. The number of hydrogen-bond acceptors (Lipinski definition) is 3. The maximum absolute atomic E-state index is 4.93. The van der Waals surface area contributed by atoms with Crippen molar-refractivity contribution < 1.29 is 0 Å². The summed E-state index contributed by atoms with van der Waals surface area (Å²) in [7, 11) is 2.00. The summed E-state index contributed by atoms with van der Waals surface area (Å²) in [5.74, 6) is 0. The van der Waals surface area contributed by atoms with E-state index in [2.05, 4.69) is 58.1 Å². The number of nitrogens with one attached hydrogen (secondary N) is 1. The minimum atomic E-state index is 0.101. The molecule has 0 fully saturated rings. The summed E-state index contributed by atoms with van der Waals surface area (Å²) in [5, 5.41) is 4.48. The molecule has 0 aliphatic carbocycles. The molecule has 0 aliphatic heterocycles. The third kappa shape index (κ3) is 4.14. The molecule has 1 aromatic heterocycles. The zero-order chi connectivity index (χ0) is 15.6. The summed E-state index contributed by atoms with van der Waals surface area (Å²) < 4.78 is 0. The van der Waals surface area contributed by atoms with Crippen molar-refractivity contribution in [1.82, 2.24) is 10.3 Å². The molecule has 0 amide bonds. The van der Waals surface area contributed by atoms with Crippen LogP contribution >= 0.6 is 11.3 Å². The number of nitrogens with zero attached hydrogens (tertiary/aromatic N) is 1. The lowest BCUT2D eigenvalue weighted by atomic mass is 9.91. The van der Waals surface area contributed by atoms with Crippen LogP contribution in [0.3, 0.4) is 0 Å². The minimum absolute atomic E-state index is 0.101. The number of aromatic nitrogens is 1. The second kappa shape index (κ2) is 6.29. The molecule has 0 atom stereocenters. The first-order valence-electron chi connectivity index (χ1n) is 7.50. The average Bonchev–Trinajstić information content (AvgIpc) is 2.70. The molecule has 3 heteroatoms. The van der Waals surface area contributed by atoms with Crippen LogP contribution in [0.4, 0.5) is 0 Å². The molecule has 0 spiro atoms. The number of rotatable bonds is 4. The van der Waals surface area contributed by atoms with Crippen molar-refractivity contribution in [2.24, 2.45) is 0 Å². The molecule has 0 saturated carbocycles. The number of benzene rings is 1. The molecule has 0 bridgehead atoms. The fourth-order valence-corrected chi connectivity index (χ4v) is 4.01. The van der Waals surface area contributed by atoms with E-state index >= 15 is 0 Å². The van der Waals surface area contributed by atoms with Gasteiger partial charge in [0.2, 0.25) is 0 Å². The van der Waals surface area contributed by atoms with Crippen molar-refractivity contribution in [3.05, 3.63) is 50.5 Å². The van der Waals surface area contributed by atoms with Gasteiger partial charge in [-0.05, 0) is 26.5 Å². The zero-order valence-electron chi connectivity index (χ0n) is 14.0. The van der Waals surface area contributed by atoms with E-state index in [1.807, 2.05) is 18.4 Å². The van der Waals surface area contributed by atoms with Crippen LogP contribution in [0.15, 0.2) is 18.2 Å². The molecule has 0 saturated heterocycles. The van der Waals surface area contributed by atoms with Crippen molar-refractivity contribution >= 4 is 11.3 Å². The molecule has 2 nitrogen and oxygen atoms in total. The van der Waals surface area contributed by atoms with E-state index in [0.29, 0.717) is 0 Å². The van der Waals surface area contributed by atoms with Gasteiger partial charge in [0, 0.05) is 23.3 Å². The molecule has 1 heterocycles. The highest BCUT2D eigenvalue weighted by Crippen LogP contribution is 2.30. The highest BCUT2D eigenvalue weighted by molar-refractivity contribution is 7.11. The third-order valence-corrected chi connectivity index (χ3v) is 4.48. The Hall–Kier alpha value is -1.19. The van der Waals surface area contributed by atoms with Crippen molar-refractivity contribution in [2.45, 2.75) is 53.0 Å². The molecular formula is C18H26N2S. The maximum Gasteiger partial charge on any atom is 0.0975 e. The lowest BCUT2D eigenvalue weighted by Crippen LogP contribution is -2.16. The quantitative estimate of drug-likeness (QED) is 0.907. The lowest BCUT2D eigenvalue weighted by Gasteiger charge is -2.17. The highest BCUT2D eigenvalue weighted by Gasteiger charge is 2.22. The normalized spacial score (nSPS) is 11.9. The average molecular weight is 302 g/mol. The van der Waals surface area contributed by atoms with Gasteiger partial charge in [-0.15, -0.1) is 11.3 Å². The van der Waals surface area contributed by atoms with Crippen LogP contribution in [0.1, 0.15) is 53.0 Å². The van der Waals surface area contributed by atoms with Crippen molar-refractivity contribution in [2.75, 3.05) is 7.05 Å². The van der Waals surface area contributed by atoms with Crippen LogP contribution < -0.4 is 5.32 Å². The molecule has 21 heavy (non-hydrogen) atoms. The first kappa shape index (κ1) is 16.2. The molecule has 1 N–H and O–H groups in total. The highest BCUT2D eigenvalue weighted by atomic mass is 32.1. The SMILES string of the molecule is CNCc1sc(Cc2cc(C)cc(C)c2)nc1C(C)(C)C. The molecule has 0 radical (unpaired) electrons. The molecular weight excluding hydrogens is 276 g/mol. The van der Waals surface area contributed by atoms with Gasteiger partial charge in [0.15, 0.2) is 0 Å². The van der Waals surface area contributed by atoms with E-state index in [-0.39, 0.29) is 5.41 Å². The van der Waals surface area contributed by atoms with Gasteiger partial charge in [-0.1, -0.05) is 50.1 Å². The van der Waals surface area contributed by atoms with Gasteiger partial charge in [-0.2, -0.15) is 0 Å². The fraction of sp³-hybridized carbons (Fsp3) is 0.500. The van der Waals surface area contributed by atoms with Crippen LogP contribution in [0, 0.1) is 13.8 Å². The van der Waals surface area contributed by atoms with Gasteiger partial charge < -0.3 is 5.32 Å². The second-order valence-electron chi connectivity index (χ2n) is 6.83. The number of aryl methyl sites for hydroxylation is 2. The summed E-state index contributed by atoms with van der Waals surface area (Å²) in [6.45, 7) is 11.9. The molecule has 2 aromatic rings. The van der Waals surface area contributed by atoms with Crippen LogP contribution in [0.25, 0.3) is 0 Å². The third-order valence-electron chi connectivity index (χ3n) is 3.43. The van der Waals surface area contributed by atoms with E-state index in [9.17, 15) is 0 Å². The van der Waals surface area contributed by atoms with Crippen molar-refractivity contribution in [3.63, 3.8) is 0 Å². The Morgan fingerprint density at radius 3 is 2.24 bits per heavy atom. The Kier molecular flexibility index (Phi) is 4.84.